The molecule has 0 aliphatic carbocycles. The first-order chi connectivity index (χ1) is 17.9. The lowest BCUT2D eigenvalue weighted by atomic mass is 10.1. The third-order valence-electron chi connectivity index (χ3n) is 6.34. The van der Waals surface area contributed by atoms with Crippen LogP contribution in [-0.2, 0) is 26.2 Å². The molecule has 0 radical (unpaired) electrons. The van der Waals surface area contributed by atoms with E-state index in [9.17, 15) is 18.0 Å². The molecule has 2 aromatic rings. The van der Waals surface area contributed by atoms with E-state index in [-0.39, 0.29) is 37.2 Å². The number of benzene rings is 2. The molecule has 0 fully saturated rings. The molecule has 0 saturated carbocycles. The first kappa shape index (κ1) is 31.1. The van der Waals surface area contributed by atoms with Gasteiger partial charge in [0, 0.05) is 26.1 Å². The quantitative estimate of drug-likeness (QED) is 0.379. The number of hydrogen-bond donors (Lipinski definition) is 1. The first-order valence-corrected chi connectivity index (χ1v) is 15.0. The highest BCUT2D eigenvalue weighted by atomic mass is 32.2. The van der Waals surface area contributed by atoms with Crippen molar-refractivity contribution in [1.82, 2.24) is 10.2 Å². The van der Waals surface area contributed by atoms with Gasteiger partial charge in [-0.3, -0.25) is 13.9 Å². The summed E-state index contributed by atoms with van der Waals surface area (Å²) in [6.07, 6.45) is 2.06. The molecule has 0 bridgehead atoms. The zero-order valence-electron chi connectivity index (χ0n) is 23.8. The number of nitrogens with one attached hydrogen (secondary N) is 1. The minimum atomic E-state index is -3.55. The molecule has 8 nitrogen and oxygen atoms in total. The van der Waals surface area contributed by atoms with E-state index >= 15 is 0 Å². The van der Waals surface area contributed by atoms with Crippen molar-refractivity contribution in [2.45, 2.75) is 66.5 Å². The van der Waals surface area contributed by atoms with Crippen LogP contribution in [0, 0.1) is 19.8 Å². The average molecular weight is 546 g/mol. The molecule has 9 heteroatoms. The summed E-state index contributed by atoms with van der Waals surface area (Å²) >= 11 is 0. The van der Waals surface area contributed by atoms with Crippen LogP contribution in [0.25, 0.3) is 0 Å². The molecule has 210 valence electrons. The standard InChI is InChI=1S/C29H43N3O5S/c1-8-26(29(34)30-19-21(2)3)31(20-24-11-9-12-25(18-24)37-6)28(33)13-10-16-32(38(7,35)36)27-17-22(4)14-15-23(27)5/h9,11-12,14-15,17-18,21,26H,8,10,13,16,19-20H2,1-7H3,(H,30,34)/t26-/m0/s1. The molecule has 2 amide bonds. The molecular formula is C29H43N3O5S. The summed E-state index contributed by atoms with van der Waals surface area (Å²) < 4.78 is 32.0. The normalized spacial score (nSPS) is 12.2. The average Bonchev–Trinajstić information content (AvgIpc) is 2.86. The largest absolute Gasteiger partial charge is 0.497 e. The second-order valence-corrected chi connectivity index (χ2v) is 12.1. The Bertz CT molecular complexity index is 1200. The van der Waals surface area contributed by atoms with E-state index in [1.54, 1.807) is 12.0 Å². The number of rotatable bonds is 14. The van der Waals surface area contributed by atoms with Crippen molar-refractivity contribution in [3.63, 3.8) is 0 Å². The van der Waals surface area contributed by atoms with Crippen molar-refractivity contribution in [2.75, 3.05) is 30.8 Å². The fraction of sp³-hybridized carbons (Fsp3) is 0.517. The second kappa shape index (κ2) is 14.2. The Balaban J connectivity index is 2.26. The second-order valence-electron chi connectivity index (χ2n) is 10.2. The van der Waals surface area contributed by atoms with Crippen molar-refractivity contribution in [3.05, 3.63) is 59.2 Å². The van der Waals surface area contributed by atoms with Gasteiger partial charge in [0.1, 0.15) is 11.8 Å². The Morgan fingerprint density at radius 1 is 1.08 bits per heavy atom. The monoisotopic (exact) mass is 545 g/mol. The van der Waals surface area contributed by atoms with Gasteiger partial charge in [-0.05, 0) is 67.5 Å². The van der Waals surface area contributed by atoms with Crippen LogP contribution in [-0.4, -0.2) is 57.6 Å². The molecular weight excluding hydrogens is 502 g/mol. The molecule has 0 aromatic heterocycles. The summed E-state index contributed by atoms with van der Waals surface area (Å²) in [4.78, 5) is 28.3. The Morgan fingerprint density at radius 3 is 2.39 bits per heavy atom. The highest BCUT2D eigenvalue weighted by Crippen LogP contribution is 2.25. The zero-order valence-corrected chi connectivity index (χ0v) is 24.6. The Labute approximate surface area is 228 Å². The highest BCUT2D eigenvalue weighted by Gasteiger charge is 2.29. The Morgan fingerprint density at radius 2 is 1.79 bits per heavy atom. The SMILES string of the molecule is CC[C@@H](C(=O)NCC(C)C)N(Cc1cccc(OC)c1)C(=O)CCCN(c1cc(C)ccc1C)S(C)(=O)=O. The number of amides is 2. The van der Waals surface area contributed by atoms with Gasteiger partial charge in [-0.15, -0.1) is 0 Å². The van der Waals surface area contributed by atoms with Gasteiger partial charge in [-0.1, -0.05) is 45.0 Å². The van der Waals surface area contributed by atoms with Crippen LogP contribution in [0.15, 0.2) is 42.5 Å². The summed E-state index contributed by atoms with van der Waals surface area (Å²) in [6, 6.07) is 12.5. The summed E-state index contributed by atoms with van der Waals surface area (Å²) in [7, 11) is -1.97. The fourth-order valence-electron chi connectivity index (χ4n) is 4.28. The van der Waals surface area contributed by atoms with Gasteiger partial charge < -0.3 is 15.0 Å². The predicted octanol–water partition coefficient (Wildman–Crippen LogP) is 4.44. The number of hydrogen-bond acceptors (Lipinski definition) is 5. The van der Waals surface area contributed by atoms with E-state index in [2.05, 4.69) is 5.32 Å². The number of nitrogens with zero attached hydrogens (tertiary/aromatic N) is 2. The van der Waals surface area contributed by atoms with Gasteiger partial charge in [0.2, 0.25) is 21.8 Å². The minimum Gasteiger partial charge on any atom is -0.497 e. The lowest BCUT2D eigenvalue weighted by molar-refractivity contribution is -0.141. The molecule has 1 atom stereocenters. The van der Waals surface area contributed by atoms with Gasteiger partial charge >= 0.3 is 0 Å². The third kappa shape index (κ3) is 9.04. The highest BCUT2D eigenvalue weighted by molar-refractivity contribution is 7.92. The number of anilines is 1. The smallest absolute Gasteiger partial charge is 0.242 e. The molecule has 0 unspecified atom stereocenters. The van der Waals surface area contributed by atoms with E-state index in [1.807, 2.05) is 77.1 Å². The minimum absolute atomic E-state index is 0.106. The van der Waals surface area contributed by atoms with Crippen LogP contribution in [0.4, 0.5) is 5.69 Å². The molecule has 0 aliphatic rings. The van der Waals surface area contributed by atoms with Gasteiger partial charge in [-0.2, -0.15) is 0 Å². The van der Waals surface area contributed by atoms with Crippen LogP contribution >= 0.6 is 0 Å². The van der Waals surface area contributed by atoms with E-state index in [1.165, 1.54) is 10.6 Å². The van der Waals surface area contributed by atoms with Crippen LogP contribution in [0.1, 0.15) is 56.7 Å². The summed E-state index contributed by atoms with van der Waals surface area (Å²) in [5, 5.41) is 2.96. The maximum absolute atomic E-state index is 13.6. The lowest BCUT2D eigenvalue weighted by Gasteiger charge is -2.31. The summed E-state index contributed by atoms with van der Waals surface area (Å²) in [6.45, 7) is 10.6. The fourth-order valence-corrected chi connectivity index (χ4v) is 5.29. The first-order valence-electron chi connectivity index (χ1n) is 13.1. The summed E-state index contributed by atoms with van der Waals surface area (Å²) in [5.74, 6) is 0.565. The Kier molecular flexibility index (Phi) is 11.6. The van der Waals surface area contributed by atoms with E-state index in [0.717, 1.165) is 16.7 Å². The van der Waals surface area contributed by atoms with Crippen LogP contribution in [0.5, 0.6) is 5.75 Å². The third-order valence-corrected chi connectivity index (χ3v) is 7.52. The zero-order chi connectivity index (χ0) is 28.5. The molecule has 0 heterocycles. The molecule has 0 spiro atoms. The Hall–Kier alpha value is -3.07. The maximum Gasteiger partial charge on any atom is 0.242 e. The molecule has 2 rings (SSSR count). The van der Waals surface area contributed by atoms with Crippen LogP contribution in [0.2, 0.25) is 0 Å². The maximum atomic E-state index is 13.6. The number of methoxy groups -OCH3 is 1. The van der Waals surface area contributed by atoms with Crippen molar-refractivity contribution in [2.24, 2.45) is 5.92 Å². The summed E-state index contributed by atoms with van der Waals surface area (Å²) in [5.41, 5.74) is 3.27. The van der Waals surface area contributed by atoms with Crippen molar-refractivity contribution in [1.29, 1.82) is 0 Å². The van der Waals surface area contributed by atoms with Crippen LogP contribution in [0.3, 0.4) is 0 Å². The number of aryl methyl sites for hydroxylation is 2. The van der Waals surface area contributed by atoms with Gasteiger partial charge in [0.05, 0.1) is 19.1 Å². The predicted molar refractivity (Wildman–Crippen MR) is 153 cm³/mol. The lowest BCUT2D eigenvalue weighted by Crippen LogP contribution is -2.49. The number of carbonyl (C=O) groups excluding carboxylic acids is 2. The van der Waals surface area contributed by atoms with Crippen molar-refractivity contribution >= 4 is 27.5 Å². The molecule has 0 saturated heterocycles. The molecule has 2 aromatic carbocycles. The number of carbonyl (C=O) groups is 2. The topological polar surface area (TPSA) is 96.0 Å². The van der Waals surface area contributed by atoms with Crippen molar-refractivity contribution in [3.8, 4) is 5.75 Å². The van der Waals surface area contributed by atoms with E-state index in [0.29, 0.717) is 30.8 Å². The molecule has 0 aliphatic heterocycles. The van der Waals surface area contributed by atoms with E-state index in [4.69, 9.17) is 4.74 Å². The molecule has 38 heavy (non-hydrogen) atoms. The van der Waals surface area contributed by atoms with Crippen molar-refractivity contribution < 1.29 is 22.7 Å². The van der Waals surface area contributed by atoms with Crippen LogP contribution < -0.4 is 14.4 Å². The van der Waals surface area contributed by atoms with E-state index < -0.39 is 16.1 Å². The van der Waals surface area contributed by atoms with Gasteiger partial charge in [0.15, 0.2) is 0 Å². The van der Waals surface area contributed by atoms with Gasteiger partial charge in [-0.25, -0.2) is 8.42 Å². The molecule has 1 N–H and O–H groups in total. The number of sulfonamides is 1. The number of ether oxygens (including phenoxy) is 1. The van der Waals surface area contributed by atoms with Gasteiger partial charge in [0.25, 0.3) is 0 Å².